The summed E-state index contributed by atoms with van der Waals surface area (Å²) < 4.78 is 26.5. The van der Waals surface area contributed by atoms with Gasteiger partial charge in [0.05, 0.1) is 5.25 Å². The molecule has 0 radical (unpaired) electrons. The van der Waals surface area contributed by atoms with Crippen LogP contribution in [0.5, 0.6) is 0 Å². The van der Waals surface area contributed by atoms with Crippen molar-refractivity contribution >= 4 is 10.0 Å². The zero-order valence-corrected chi connectivity index (χ0v) is 12.7. The van der Waals surface area contributed by atoms with Crippen molar-refractivity contribution in [3.8, 4) is 0 Å². The first-order chi connectivity index (χ1) is 7.91. The van der Waals surface area contributed by atoms with Crippen LogP contribution < -0.4 is 5.32 Å². The Kier molecular flexibility index (Phi) is 8.00. The molecule has 0 aliphatic heterocycles. The summed E-state index contributed by atoms with van der Waals surface area (Å²) in [6, 6.07) is 0.0888. The molecule has 0 aromatic rings. The Morgan fingerprint density at radius 2 is 1.82 bits per heavy atom. The molecule has 2 atom stereocenters. The summed E-state index contributed by atoms with van der Waals surface area (Å²) >= 11 is 0. The van der Waals surface area contributed by atoms with E-state index in [1.807, 2.05) is 13.8 Å². The smallest absolute Gasteiger partial charge is 0.218 e. The fourth-order valence-corrected chi connectivity index (χ4v) is 3.61. The topological polar surface area (TPSA) is 49.4 Å². The highest BCUT2D eigenvalue weighted by molar-refractivity contribution is 7.89. The Bertz CT molecular complexity index is 291. The van der Waals surface area contributed by atoms with Crippen molar-refractivity contribution in [3.63, 3.8) is 0 Å². The second kappa shape index (κ2) is 8.06. The number of unbranched alkanes of at least 4 members (excludes halogenated alkanes) is 1. The minimum absolute atomic E-state index is 0.0888. The Hall–Kier alpha value is -0.130. The van der Waals surface area contributed by atoms with Gasteiger partial charge in [-0.3, -0.25) is 0 Å². The average Bonchev–Trinajstić information content (AvgIpc) is 2.29. The average molecular weight is 264 g/mol. The highest BCUT2D eigenvalue weighted by Crippen LogP contribution is 2.16. The molecule has 0 aliphatic carbocycles. The van der Waals surface area contributed by atoms with E-state index < -0.39 is 10.0 Å². The molecule has 5 heteroatoms. The van der Waals surface area contributed by atoms with Crippen molar-refractivity contribution < 1.29 is 8.42 Å². The van der Waals surface area contributed by atoms with Gasteiger partial charge in [-0.05, 0) is 33.7 Å². The van der Waals surface area contributed by atoms with Gasteiger partial charge in [0.15, 0.2) is 0 Å². The van der Waals surface area contributed by atoms with Crippen molar-refractivity contribution in [1.82, 2.24) is 9.62 Å². The lowest BCUT2D eigenvalue weighted by Gasteiger charge is -2.30. The van der Waals surface area contributed by atoms with Crippen molar-refractivity contribution in [2.24, 2.45) is 0 Å². The molecule has 0 rings (SSSR count). The number of nitrogens with zero attached hydrogens (tertiary/aromatic N) is 1. The van der Waals surface area contributed by atoms with Gasteiger partial charge in [-0.1, -0.05) is 20.3 Å². The summed E-state index contributed by atoms with van der Waals surface area (Å²) in [5, 5.41) is 2.57. The molecule has 2 unspecified atom stereocenters. The normalized spacial score (nSPS) is 16.1. The van der Waals surface area contributed by atoms with E-state index >= 15 is 0 Å². The van der Waals surface area contributed by atoms with E-state index in [1.165, 1.54) is 0 Å². The third-order valence-corrected chi connectivity index (χ3v) is 5.52. The van der Waals surface area contributed by atoms with Gasteiger partial charge in [-0.2, -0.15) is 4.31 Å². The summed E-state index contributed by atoms with van der Waals surface area (Å²) in [5.41, 5.74) is 0. The molecular formula is C12H28N2O2S. The molecule has 0 spiro atoms. The standard InChI is InChI=1S/C12H28N2O2S/c1-6-8-9-14(11(3)7-2)17(15,16)12(4)10-13-5/h11-13H,6-10H2,1-5H3. The molecule has 0 aliphatic rings. The second-order valence-corrected chi connectivity index (χ2v) is 6.94. The van der Waals surface area contributed by atoms with E-state index in [0.29, 0.717) is 13.1 Å². The summed E-state index contributed by atoms with van der Waals surface area (Å²) in [5.74, 6) is 0. The first-order valence-corrected chi connectivity index (χ1v) is 8.07. The van der Waals surface area contributed by atoms with Crippen LogP contribution in [0.1, 0.15) is 47.0 Å². The van der Waals surface area contributed by atoms with Gasteiger partial charge in [0.25, 0.3) is 0 Å². The highest BCUT2D eigenvalue weighted by atomic mass is 32.2. The quantitative estimate of drug-likeness (QED) is 0.691. The summed E-state index contributed by atoms with van der Waals surface area (Å²) in [6.45, 7) is 9.01. The lowest BCUT2D eigenvalue weighted by molar-refractivity contribution is 0.320. The monoisotopic (exact) mass is 264 g/mol. The number of rotatable bonds is 9. The minimum Gasteiger partial charge on any atom is -0.318 e. The Morgan fingerprint density at radius 1 is 1.24 bits per heavy atom. The molecule has 0 amide bonds. The molecule has 0 saturated heterocycles. The van der Waals surface area contributed by atoms with E-state index in [1.54, 1.807) is 18.3 Å². The number of hydrogen-bond acceptors (Lipinski definition) is 3. The number of sulfonamides is 1. The molecule has 0 saturated carbocycles. The third-order valence-electron chi connectivity index (χ3n) is 3.14. The molecule has 4 nitrogen and oxygen atoms in total. The maximum Gasteiger partial charge on any atom is 0.218 e. The predicted molar refractivity (Wildman–Crippen MR) is 73.7 cm³/mol. The third kappa shape index (κ3) is 4.94. The van der Waals surface area contributed by atoms with Crippen LogP contribution in [-0.4, -0.2) is 44.2 Å². The van der Waals surface area contributed by atoms with Gasteiger partial charge >= 0.3 is 0 Å². The van der Waals surface area contributed by atoms with Crippen molar-refractivity contribution in [2.75, 3.05) is 20.1 Å². The molecule has 0 aromatic heterocycles. The lowest BCUT2D eigenvalue weighted by atomic mass is 10.2. The predicted octanol–water partition coefficient (Wildman–Crippen LogP) is 1.82. The summed E-state index contributed by atoms with van der Waals surface area (Å²) in [6.07, 6.45) is 2.80. The molecule has 0 bridgehead atoms. The summed E-state index contributed by atoms with van der Waals surface area (Å²) in [4.78, 5) is 0. The van der Waals surface area contributed by atoms with Crippen LogP contribution >= 0.6 is 0 Å². The second-order valence-electron chi connectivity index (χ2n) is 4.63. The van der Waals surface area contributed by atoms with E-state index in [9.17, 15) is 8.42 Å². The first kappa shape index (κ1) is 16.9. The fraction of sp³-hybridized carbons (Fsp3) is 1.00. The lowest BCUT2D eigenvalue weighted by Crippen LogP contribution is -2.46. The van der Waals surface area contributed by atoms with Gasteiger partial charge < -0.3 is 5.32 Å². The fourth-order valence-electron chi connectivity index (χ4n) is 1.74. The van der Waals surface area contributed by atoms with Gasteiger partial charge in [0, 0.05) is 19.1 Å². The van der Waals surface area contributed by atoms with Crippen LogP contribution in [0.3, 0.4) is 0 Å². The van der Waals surface area contributed by atoms with E-state index in [2.05, 4.69) is 12.2 Å². The molecule has 0 fully saturated rings. The maximum absolute atomic E-state index is 12.4. The Labute approximate surface area is 107 Å². The van der Waals surface area contributed by atoms with Gasteiger partial charge in [0.2, 0.25) is 10.0 Å². The van der Waals surface area contributed by atoms with Crippen LogP contribution in [0.25, 0.3) is 0 Å². The highest BCUT2D eigenvalue weighted by Gasteiger charge is 2.30. The minimum atomic E-state index is -3.18. The van der Waals surface area contributed by atoms with E-state index in [-0.39, 0.29) is 11.3 Å². The first-order valence-electron chi connectivity index (χ1n) is 6.57. The van der Waals surface area contributed by atoms with Crippen LogP contribution in [0, 0.1) is 0 Å². The van der Waals surface area contributed by atoms with Crippen LogP contribution in [-0.2, 0) is 10.0 Å². The van der Waals surface area contributed by atoms with Crippen LogP contribution in [0.2, 0.25) is 0 Å². The molecule has 0 aromatic carbocycles. The summed E-state index contributed by atoms with van der Waals surface area (Å²) in [7, 11) is -1.39. The van der Waals surface area contributed by atoms with Gasteiger partial charge in [-0.25, -0.2) is 8.42 Å². The van der Waals surface area contributed by atoms with Crippen LogP contribution in [0.4, 0.5) is 0 Å². The van der Waals surface area contributed by atoms with E-state index in [0.717, 1.165) is 19.3 Å². The van der Waals surface area contributed by atoms with Gasteiger partial charge in [-0.15, -0.1) is 0 Å². The van der Waals surface area contributed by atoms with Crippen molar-refractivity contribution in [2.45, 2.75) is 58.2 Å². The molecule has 1 N–H and O–H groups in total. The van der Waals surface area contributed by atoms with Crippen molar-refractivity contribution in [1.29, 1.82) is 0 Å². The zero-order valence-electron chi connectivity index (χ0n) is 11.9. The van der Waals surface area contributed by atoms with Crippen molar-refractivity contribution in [3.05, 3.63) is 0 Å². The Balaban J connectivity index is 4.87. The number of nitrogens with one attached hydrogen (secondary N) is 1. The van der Waals surface area contributed by atoms with Gasteiger partial charge in [0.1, 0.15) is 0 Å². The number of hydrogen-bond donors (Lipinski definition) is 1. The SMILES string of the molecule is CCCCN(C(C)CC)S(=O)(=O)C(C)CNC. The van der Waals surface area contributed by atoms with E-state index in [4.69, 9.17) is 0 Å². The molecule has 104 valence electrons. The molecule has 17 heavy (non-hydrogen) atoms. The molecular weight excluding hydrogens is 236 g/mol. The molecule has 0 heterocycles. The zero-order chi connectivity index (χ0) is 13.5. The maximum atomic E-state index is 12.4. The van der Waals surface area contributed by atoms with Crippen LogP contribution in [0.15, 0.2) is 0 Å². The largest absolute Gasteiger partial charge is 0.318 e. The Morgan fingerprint density at radius 3 is 2.24 bits per heavy atom.